The van der Waals surface area contributed by atoms with E-state index < -0.39 is 17.8 Å². The van der Waals surface area contributed by atoms with Crippen LogP contribution in [0.1, 0.15) is 30.9 Å². The maximum absolute atomic E-state index is 13.1. The zero-order chi connectivity index (χ0) is 14.5. The van der Waals surface area contributed by atoms with Crippen LogP contribution in [0.2, 0.25) is 5.15 Å². The highest BCUT2D eigenvalue weighted by atomic mass is 35.5. The van der Waals surface area contributed by atoms with Gasteiger partial charge in [0.25, 0.3) is 11.8 Å². The van der Waals surface area contributed by atoms with E-state index >= 15 is 0 Å². The Kier molecular flexibility index (Phi) is 3.08. The number of aromatic nitrogens is 2. The quantitative estimate of drug-likeness (QED) is 0.783. The van der Waals surface area contributed by atoms with Crippen LogP contribution in [-0.4, -0.2) is 34.9 Å². The van der Waals surface area contributed by atoms with Crippen molar-refractivity contribution in [2.75, 3.05) is 18.0 Å². The van der Waals surface area contributed by atoms with E-state index in [1.54, 1.807) is 4.90 Å². The van der Waals surface area contributed by atoms with Crippen LogP contribution in [0.25, 0.3) is 0 Å². The van der Waals surface area contributed by atoms with Gasteiger partial charge in [-0.15, -0.1) is 0 Å². The predicted molar refractivity (Wildman–Crippen MR) is 65.7 cm³/mol. The molecule has 0 spiro atoms. The molecule has 1 saturated carbocycles. The second-order valence-corrected chi connectivity index (χ2v) is 5.62. The van der Waals surface area contributed by atoms with Gasteiger partial charge in [0.05, 0.1) is 17.8 Å². The fourth-order valence-electron chi connectivity index (χ4n) is 2.33. The van der Waals surface area contributed by atoms with Gasteiger partial charge in [-0.2, -0.15) is 0 Å². The summed E-state index contributed by atoms with van der Waals surface area (Å²) in [5.74, 6) is -6.02. The van der Waals surface area contributed by atoms with E-state index in [2.05, 4.69) is 9.97 Å². The average molecular weight is 310 g/mol. The largest absolute Gasteiger partial charge is 0.355 e. The highest BCUT2D eigenvalue weighted by molar-refractivity contribution is 6.30. The molecule has 20 heavy (non-hydrogen) atoms. The normalized spacial score (nSPS) is 27.4. The average Bonchev–Trinajstić information content (AvgIpc) is 2.98. The first-order chi connectivity index (χ1) is 9.28. The van der Waals surface area contributed by atoms with Gasteiger partial charge in [-0.1, -0.05) is 11.6 Å². The summed E-state index contributed by atoms with van der Waals surface area (Å²) in [6, 6.07) is 0. The molecule has 0 aromatic carbocycles. The Morgan fingerprint density at radius 1 is 1.20 bits per heavy atom. The van der Waals surface area contributed by atoms with E-state index in [-0.39, 0.29) is 43.2 Å². The van der Waals surface area contributed by atoms with Crippen molar-refractivity contribution < 1.29 is 17.6 Å². The third kappa shape index (κ3) is 2.55. The Bertz CT molecular complexity index is 527. The molecule has 1 saturated heterocycles. The Labute approximate surface area is 118 Å². The molecule has 1 aliphatic carbocycles. The number of nitrogens with zero attached hydrogens (tertiary/aromatic N) is 3. The minimum atomic E-state index is -2.76. The summed E-state index contributed by atoms with van der Waals surface area (Å²) in [7, 11) is 0. The van der Waals surface area contributed by atoms with Crippen LogP contribution in [-0.2, 0) is 0 Å². The van der Waals surface area contributed by atoms with E-state index in [0.29, 0.717) is 5.82 Å². The first-order valence-corrected chi connectivity index (χ1v) is 6.69. The van der Waals surface area contributed by atoms with Crippen LogP contribution >= 0.6 is 11.6 Å². The number of anilines is 1. The van der Waals surface area contributed by atoms with Gasteiger partial charge in [-0.05, 0) is 0 Å². The first kappa shape index (κ1) is 13.9. The molecule has 3 rings (SSSR count). The molecule has 0 amide bonds. The van der Waals surface area contributed by atoms with Crippen LogP contribution in [0.4, 0.5) is 23.4 Å². The van der Waals surface area contributed by atoms with Gasteiger partial charge in [0.15, 0.2) is 5.15 Å². The van der Waals surface area contributed by atoms with Crippen LogP contribution in [0, 0.1) is 0 Å². The summed E-state index contributed by atoms with van der Waals surface area (Å²) in [6.07, 6.45) is 0.555. The smallest absolute Gasteiger partial charge is 0.257 e. The van der Waals surface area contributed by atoms with Crippen molar-refractivity contribution in [1.82, 2.24) is 9.97 Å². The Hall–Kier alpha value is -1.11. The number of hydrogen-bond acceptors (Lipinski definition) is 3. The Balaban J connectivity index is 1.75. The lowest BCUT2D eigenvalue weighted by Crippen LogP contribution is -2.39. The second kappa shape index (κ2) is 4.44. The molecule has 1 unspecified atom stereocenters. The van der Waals surface area contributed by atoms with E-state index in [9.17, 15) is 17.6 Å². The predicted octanol–water partition coefficient (Wildman–Crippen LogP) is 3.49. The standard InChI is InChI=1S/C12H12ClF4N3/c13-10-9(7-5-12(7,16)17)18-6-8(19-10)20-3-1-11(14,15)2-4-20/h6-7H,1-5H2. The molecule has 0 bridgehead atoms. The van der Waals surface area contributed by atoms with Gasteiger partial charge in [0.2, 0.25) is 0 Å². The number of hydrogen-bond donors (Lipinski definition) is 0. The summed E-state index contributed by atoms with van der Waals surface area (Å²) >= 11 is 5.89. The lowest BCUT2D eigenvalue weighted by atomic mass is 10.1. The molecule has 1 aliphatic heterocycles. The molecular formula is C12H12ClF4N3. The number of piperidine rings is 1. The Morgan fingerprint density at radius 2 is 1.80 bits per heavy atom. The van der Waals surface area contributed by atoms with E-state index in [4.69, 9.17) is 11.6 Å². The first-order valence-electron chi connectivity index (χ1n) is 6.31. The molecule has 1 aromatic rings. The van der Waals surface area contributed by atoms with Crippen molar-refractivity contribution in [2.24, 2.45) is 0 Å². The van der Waals surface area contributed by atoms with Crippen molar-refractivity contribution in [3.63, 3.8) is 0 Å². The van der Waals surface area contributed by atoms with Crippen LogP contribution in [0.3, 0.4) is 0 Å². The van der Waals surface area contributed by atoms with Crippen molar-refractivity contribution in [3.8, 4) is 0 Å². The molecule has 2 aliphatic rings. The summed E-state index contributed by atoms with van der Waals surface area (Å²) in [5.41, 5.74) is 0.0859. The second-order valence-electron chi connectivity index (χ2n) is 5.26. The van der Waals surface area contributed by atoms with Crippen LogP contribution in [0.5, 0.6) is 0 Å². The zero-order valence-electron chi connectivity index (χ0n) is 10.4. The van der Waals surface area contributed by atoms with Crippen molar-refractivity contribution in [1.29, 1.82) is 0 Å². The van der Waals surface area contributed by atoms with Gasteiger partial charge in [-0.3, -0.25) is 4.98 Å². The Morgan fingerprint density at radius 3 is 2.30 bits per heavy atom. The monoisotopic (exact) mass is 309 g/mol. The van der Waals surface area contributed by atoms with Gasteiger partial charge in [0, 0.05) is 32.4 Å². The molecule has 3 nitrogen and oxygen atoms in total. The molecule has 0 N–H and O–H groups in total. The molecule has 2 fully saturated rings. The molecule has 1 aromatic heterocycles. The maximum Gasteiger partial charge on any atom is 0.257 e. The molecule has 0 radical (unpaired) electrons. The van der Waals surface area contributed by atoms with Crippen molar-refractivity contribution in [2.45, 2.75) is 37.0 Å². The van der Waals surface area contributed by atoms with Crippen LogP contribution in [0.15, 0.2) is 6.20 Å². The topological polar surface area (TPSA) is 29.0 Å². The molecule has 2 heterocycles. The van der Waals surface area contributed by atoms with E-state index in [1.807, 2.05) is 0 Å². The minimum Gasteiger partial charge on any atom is -0.355 e. The lowest BCUT2D eigenvalue weighted by molar-refractivity contribution is -0.0221. The molecular weight excluding hydrogens is 298 g/mol. The van der Waals surface area contributed by atoms with Gasteiger partial charge < -0.3 is 4.90 Å². The van der Waals surface area contributed by atoms with Crippen LogP contribution < -0.4 is 4.90 Å². The fourth-order valence-corrected chi connectivity index (χ4v) is 2.59. The number of rotatable bonds is 2. The lowest BCUT2D eigenvalue weighted by Gasteiger charge is -2.32. The zero-order valence-corrected chi connectivity index (χ0v) is 11.2. The third-order valence-electron chi connectivity index (χ3n) is 3.72. The van der Waals surface area contributed by atoms with Gasteiger partial charge in [0.1, 0.15) is 5.82 Å². The molecule has 110 valence electrons. The molecule has 8 heteroatoms. The van der Waals surface area contributed by atoms with Gasteiger partial charge in [-0.25, -0.2) is 22.5 Å². The van der Waals surface area contributed by atoms with Crippen molar-refractivity contribution in [3.05, 3.63) is 17.0 Å². The maximum atomic E-state index is 13.1. The van der Waals surface area contributed by atoms with E-state index in [1.165, 1.54) is 6.20 Å². The fraction of sp³-hybridized carbons (Fsp3) is 0.667. The van der Waals surface area contributed by atoms with Gasteiger partial charge >= 0.3 is 0 Å². The SMILES string of the molecule is FC1(F)CCN(c2cnc(C3CC3(F)F)c(Cl)n2)CC1. The number of alkyl halides is 4. The summed E-state index contributed by atoms with van der Waals surface area (Å²) < 4.78 is 52.1. The number of halogens is 5. The highest BCUT2D eigenvalue weighted by Crippen LogP contribution is 2.56. The summed E-state index contributed by atoms with van der Waals surface area (Å²) in [6.45, 7) is 0.299. The minimum absolute atomic E-state index is 0.0676. The van der Waals surface area contributed by atoms with E-state index in [0.717, 1.165) is 0 Å². The molecule has 1 atom stereocenters. The summed E-state index contributed by atoms with van der Waals surface area (Å²) in [4.78, 5) is 9.61. The van der Waals surface area contributed by atoms with Crippen molar-refractivity contribution >= 4 is 17.4 Å². The summed E-state index contributed by atoms with van der Waals surface area (Å²) in [5, 5.41) is -0.0676. The third-order valence-corrected chi connectivity index (χ3v) is 4.00. The highest BCUT2D eigenvalue weighted by Gasteiger charge is 2.59.